The average molecular weight is 451 g/mol. The lowest BCUT2D eigenvalue weighted by atomic mass is 9.87. The third kappa shape index (κ3) is 5.97. The molecule has 2 heterocycles. The van der Waals surface area contributed by atoms with Crippen LogP contribution in [-0.4, -0.2) is 50.4 Å². The lowest BCUT2D eigenvalue weighted by molar-refractivity contribution is -0.274. The minimum atomic E-state index is -4.75. The van der Waals surface area contributed by atoms with E-state index in [2.05, 4.69) is 14.7 Å². The first kappa shape index (κ1) is 24.0. The van der Waals surface area contributed by atoms with Gasteiger partial charge in [-0.25, -0.2) is 9.97 Å². The van der Waals surface area contributed by atoms with Crippen molar-refractivity contribution in [1.29, 1.82) is 0 Å². The van der Waals surface area contributed by atoms with Crippen molar-refractivity contribution in [2.75, 3.05) is 6.54 Å². The maximum atomic E-state index is 12.7. The summed E-state index contributed by atoms with van der Waals surface area (Å²) in [4.78, 5) is 22.8. The number of hydrogen-bond acceptors (Lipinski definition) is 5. The Labute approximate surface area is 185 Å². The van der Waals surface area contributed by atoms with Gasteiger partial charge in [-0.3, -0.25) is 4.79 Å². The Kier molecular flexibility index (Phi) is 6.78. The summed E-state index contributed by atoms with van der Waals surface area (Å²) in [5, 5.41) is 10.2. The highest BCUT2D eigenvalue weighted by atomic mass is 19.4. The largest absolute Gasteiger partial charge is 0.573 e. The Balaban J connectivity index is 1.67. The maximum absolute atomic E-state index is 12.7. The molecule has 0 bridgehead atoms. The molecule has 3 rings (SSSR count). The number of nitrogens with zero attached hydrogens (tertiary/aromatic N) is 3. The van der Waals surface area contributed by atoms with Crippen LogP contribution < -0.4 is 4.74 Å². The van der Waals surface area contributed by atoms with E-state index in [9.17, 15) is 23.1 Å². The van der Waals surface area contributed by atoms with Gasteiger partial charge in [-0.15, -0.1) is 13.2 Å². The number of hydrogen-bond donors (Lipinski definition) is 1. The standard InChI is InChI=1S/C23H28F3N3O3/c1-14(2)16-9-15(10-18(11-16)32-23(24,25)26)5-6-20-27-12-17(13-28-20)21(30)29-8-7-19(29)22(3,4)31/h9-14,19,31H,5-8H2,1-4H3. The van der Waals surface area contributed by atoms with Gasteiger partial charge in [0.15, 0.2) is 0 Å². The van der Waals surface area contributed by atoms with Gasteiger partial charge in [0, 0.05) is 25.4 Å². The SMILES string of the molecule is CC(C)c1cc(CCc2ncc(C(=O)N3CCC3C(C)(C)O)cn2)cc(OC(F)(F)F)c1. The summed E-state index contributed by atoms with van der Waals surface area (Å²) in [5.41, 5.74) is 0.797. The van der Waals surface area contributed by atoms with E-state index in [-0.39, 0.29) is 23.6 Å². The van der Waals surface area contributed by atoms with Crippen molar-refractivity contribution in [3.63, 3.8) is 0 Å². The molecule has 0 aliphatic carbocycles. The average Bonchev–Trinajstić information content (AvgIpc) is 2.63. The quantitative estimate of drug-likeness (QED) is 0.681. The molecule has 0 radical (unpaired) electrons. The topological polar surface area (TPSA) is 75.6 Å². The molecule has 0 saturated carbocycles. The summed E-state index contributed by atoms with van der Waals surface area (Å²) in [6.07, 6.45) is -0.282. The van der Waals surface area contributed by atoms with Crippen LogP contribution in [-0.2, 0) is 12.8 Å². The molecule has 174 valence electrons. The minimum Gasteiger partial charge on any atom is -0.406 e. The fraction of sp³-hybridized carbons (Fsp3) is 0.522. The molecule has 32 heavy (non-hydrogen) atoms. The Bertz CT molecular complexity index is 954. The van der Waals surface area contributed by atoms with E-state index in [0.29, 0.717) is 36.3 Å². The summed E-state index contributed by atoms with van der Waals surface area (Å²) >= 11 is 0. The zero-order valence-corrected chi connectivity index (χ0v) is 18.6. The second-order valence-electron chi connectivity index (χ2n) is 8.96. The van der Waals surface area contributed by atoms with E-state index < -0.39 is 12.0 Å². The second-order valence-corrected chi connectivity index (χ2v) is 8.96. The predicted molar refractivity (Wildman–Crippen MR) is 112 cm³/mol. The lowest BCUT2D eigenvalue weighted by Gasteiger charge is -2.47. The lowest BCUT2D eigenvalue weighted by Crippen LogP contribution is -2.60. The summed E-state index contributed by atoms with van der Waals surface area (Å²) in [6, 6.07) is 4.38. The third-order valence-electron chi connectivity index (χ3n) is 5.57. The number of carbonyl (C=O) groups is 1. The van der Waals surface area contributed by atoms with Crippen LogP contribution in [0, 0.1) is 0 Å². The molecule has 1 unspecified atom stereocenters. The second kappa shape index (κ2) is 9.05. The van der Waals surface area contributed by atoms with Crippen LogP contribution >= 0.6 is 0 Å². The molecule has 1 amide bonds. The number of halogens is 3. The van der Waals surface area contributed by atoms with Crippen molar-refractivity contribution in [2.24, 2.45) is 0 Å². The van der Waals surface area contributed by atoms with Crippen LogP contribution in [0.15, 0.2) is 30.6 Å². The number of ether oxygens (including phenoxy) is 1. The molecule has 1 aromatic heterocycles. The molecule has 9 heteroatoms. The Morgan fingerprint density at radius 2 is 1.84 bits per heavy atom. The first-order valence-corrected chi connectivity index (χ1v) is 10.6. The van der Waals surface area contributed by atoms with Gasteiger partial charge in [0.2, 0.25) is 0 Å². The van der Waals surface area contributed by atoms with Crippen LogP contribution in [0.2, 0.25) is 0 Å². The molecular weight excluding hydrogens is 423 g/mol. The summed E-state index contributed by atoms with van der Waals surface area (Å²) < 4.78 is 42.1. The molecule has 2 aromatic rings. The van der Waals surface area contributed by atoms with E-state index in [1.54, 1.807) is 18.7 Å². The zero-order chi connectivity index (χ0) is 23.7. The first-order chi connectivity index (χ1) is 14.8. The molecule has 0 spiro atoms. The highest BCUT2D eigenvalue weighted by molar-refractivity contribution is 5.94. The third-order valence-corrected chi connectivity index (χ3v) is 5.57. The number of rotatable bonds is 7. The molecule has 1 aromatic carbocycles. The van der Waals surface area contributed by atoms with Crippen molar-refractivity contribution in [3.05, 3.63) is 53.1 Å². The molecule has 1 saturated heterocycles. The molecule has 1 fully saturated rings. The van der Waals surface area contributed by atoms with E-state index >= 15 is 0 Å². The zero-order valence-electron chi connectivity index (χ0n) is 18.6. The highest BCUT2D eigenvalue weighted by Gasteiger charge is 2.42. The number of carbonyl (C=O) groups excluding carboxylic acids is 1. The number of benzene rings is 1. The van der Waals surface area contributed by atoms with Gasteiger partial charge in [0.1, 0.15) is 11.6 Å². The van der Waals surface area contributed by atoms with Crippen molar-refractivity contribution < 1.29 is 27.8 Å². The smallest absolute Gasteiger partial charge is 0.406 e. The van der Waals surface area contributed by atoms with Crippen molar-refractivity contribution in [2.45, 2.75) is 70.9 Å². The Morgan fingerprint density at radius 3 is 2.34 bits per heavy atom. The number of amides is 1. The number of aliphatic hydroxyl groups is 1. The molecule has 1 aliphatic rings. The maximum Gasteiger partial charge on any atom is 0.573 e. The van der Waals surface area contributed by atoms with Gasteiger partial charge in [0.05, 0.1) is 17.2 Å². The van der Waals surface area contributed by atoms with E-state index in [0.717, 1.165) is 12.0 Å². The molecular formula is C23H28F3N3O3. The number of likely N-dealkylation sites (tertiary alicyclic amines) is 1. The van der Waals surface area contributed by atoms with E-state index in [1.165, 1.54) is 24.5 Å². The van der Waals surface area contributed by atoms with Gasteiger partial charge >= 0.3 is 6.36 Å². The summed E-state index contributed by atoms with van der Waals surface area (Å²) in [5.74, 6) is 0.0590. The van der Waals surface area contributed by atoms with Gasteiger partial charge in [0.25, 0.3) is 5.91 Å². The van der Waals surface area contributed by atoms with Crippen molar-refractivity contribution >= 4 is 5.91 Å². The van der Waals surface area contributed by atoms with Gasteiger partial charge < -0.3 is 14.7 Å². The first-order valence-electron chi connectivity index (χ1n) is 10.6. The summed E-state index contributed by atoms with van der Waals surface area (Å²) in [7, 11) is 0. The minimum absolute atomic E-state index is 0.0429. The number of aryl methyl sites for hydroxylation is 2. The van der Waals surface area contributed by atoms with Crippen molar-refractivity contribution in [1.82, 2.24) is 14.9 Å². The van der Waals surface area contributed by atoms with Crippen LogP contribution in [0.4, 0.5) is 13.2 Å². The monoisotopic (exact) mass is 451 g/mol. The van der Waals surface area contributed by atoms with E-state index in [1.807, 2.05) is 19.9 Å². The highest BCUT2D eigenvalue weighted by Crippen LogP contribution is 2.30. The molecule has 6 nitrogen and oxygen atoms in total. The fourth-order valence-corrected chi connectivity index (χ4v) is 3.74. The predicted octanol–water partition coefficient (Wildman–Crippen LogP) is 4.27. The van der Waals surface area contributed by atoms with Crippen LogP contribution in [0.3, 0.4) is 0 Å². The Hall–Kier alpha value is -2.68. The Morgan fingerprint density at radius 1 is 1.19 bits per heavy atom. The van der Waals surface area contributed by atoms with Gasteiger partial charge in [-0.2, -0.15) is 0 Å². The normalized spacial score (nSPS) is 16.8. The van der Waals surface area contributed by atoms with E-state index in [4.69, 9.17) is 0 Å². The molecule has 1 atom stereocenters. The molecule has 1 N–H and O–H groups in total. The number of alkyl halides is 3. The fourth-order valence-electron chi connectivity index (χ4n) is 3.74. The van der Waals surface area contributed by atoms with Crippen molar-refractivity contribution in [3.8, 4) is 5.75 Å². The number of aromatic nitrogens is 2. The van der Waals surface area contributed by atoms with Gasteiger partial charge in [-0.05, 0) is 55.9 Å². The summed E-state index contributed by atoms with van der Waals surface area (Å²) in [6.45, 7) is 7.72. The molecule has 1 aliphatic heterocycles. The van der Waals surface area contributed by atoms with Crippen LogP contribution in [0.5, 0.6) is 5.75 Å². The van der Waals surface area contributed by atoms with Crippen LogP contribution in [0.1, 0.15) is 67.3 Å². The van der Waals surface area contributed by atoms with Gasteiger partial charge in [-0.1, -0.05) is 19.9 Å². The van der Waals surface area contributed by atoms with Crippen LogP contribution in [0.25, 0.3) is 0 Å².